The minimum absolute atomic E-state index is 0.278. The predicted molar refractivity (Wildman–Crippen MR) is 99.3 cm³/mol. The van der Waals surface area contributed by atoms with Crippen LogP contribution in [0.5, 0.6) is 0 Å². The summed E-state index contributed by atoms with van der Waals surface area (Å²) in [6, 6.07) is 9.79. The number of carbonyl (C=O) groups excluding carboxylic acids is 1. The van der Waals surface area contributed by atoms with Crippen LogP contribution in [-0.2, 0) is 20.6 Å². The van der Waals surface area contributed by atoms with Crippen molar-refractivity contribution in [3.63, 3.8) is 0 Å². The number of rotatable bonds is 6. The Balaban J connectivity index is 2.01. The number of nitrogens with one attached hydrogen (secondary N) is 1. The first kappa shape index (κ1) is 19.7. The Morgan fingerprint density at radius 2 is 1.92 bits per heavy atom. The van der Waals surface area contributed by atoms with Crippen LogP contribution in [0.4, 0.5) is 5.82 Å². The van der Waals surface area contributed by atoms with E-state index in [1.165, 1.54) is 19.2 Å². The number of sulfonamides is 1. The predicted octanol–water partition coefficient (Wildman–Crippen LogP) is 3.10. The van der Waals surface area contributed by atoms with Gasteiger partial charge in [0.2, 0.25) is 15.9 Å². The third-order valence-electron chi connectivity index (χ3n) is 3.33. The molecule has 0 spiro atoms. The maximum atomic E-state index is 12.4. The summed E-state index contributed by atoms with van der Waals surface area (Å²) in [5, 5.41) is 3.20. The lowest BCUT2D eigenvalue weighted by atomic mass is 10.2. The molecule has 0 saturated heterocycles. The summed E-state index contributed by atoms with van der Waals surface area (Å²) in [7, 11) is -2.34. The molecule has 0 aliphatic carbocycles. The fourth-order valence-electron chi connectivity index (χ4n) is 2.05. The van der Waals surface area contributed by atoms with Crippen molar-refractivity contribution in [2.24, 2.45) is 0 Å². The molecule has 0 bridgehead atoms. The Kier molecular flexibility index (Phi) is 6.40. The van der Waals surface area contributed by atoms with E-state index in [-0.39, 0.29) is 17.3 Å². The van der Waals surface area contributed by atoms with E-state index in [1.807, 2.05) is 0 Å². The van der Waals surface area contributed by atoms with Gasteiger partial charge in [-0.1, -0.05) is 35.3 Å². The normalized spacial score (nSPS) is 11.6. The second-order valence-electron chi connectivity index (χ2n) is 5.47. The van der Waals surface area contributed by atoms with Crippen LogP contribution in [0.25, 0.3) is 0 Å². The molecule has 0 aliphatic rings. The topological polar surface area (TPSA) is 79.4 Å². The largest absolute Gasteiger partial charge is 0.310 e. The second-order valence-corrected chi connectivity index (χ2v) is 8.36. The minimum Gasteiger partial charge on any atom is -0.310 e. The molecular weight excluding hydrogens is 385 g/mol. The van der Waals surface area contributed by atoms with Gasteiger partial charge in [0.1, 0.15) is 5.82 Å². The number of benzene rings is 1. The Hall–Kier alpha value is -1.67. The van der Waals surface area contributed by atoms with Crippen LogP contribution in [0.1, 0.15) is 11.3 Å². The third-order valence-corrected chi connectivity index (χ3v) is 5.85. The van der Waals surface area contributed by atoms with Crippen molar-refractivity contribution in [1.82, 2.24) is 9.29 Å². The highest BCUT2D eigenvalue weighted by Crippen LogP contribution is 2.24. The first-order valence-corrected chi connectivity index (χ1v) is 9.65. The van der Waals surface area contributed by atoms with Gasteiger partial charge in [0.15, 0.2) is 0 Å². The van der Waals surface area contributed by atoms with Gasteiger partial charge >= 0.3 is 0 Å². The van der Waals surface area contributed by atoms with Gasteiger partial charge in [-0.2, -0.15) is 4.31 Å². The fraction of sp³-hybridized carbons (Fsp3) is 0.250. The van der Waals surface area contributed by atoms with Crippen molar-refractivity contribution in [2.75, 3.05) is 18.9 Å². The highest BCUT2D eigenvalue weighted by molar-refractivity contribution is 7.88. The molecular formula is C16H17Cl2N3O3S. The molecule has 1 amide bonds. The van der Waals surface area contributed by atoms with Gasteiger partial charge in [-0.15, -0.1) is 0 Å². The molecule has 0 saturated carbocycles. The lowest BCUT2D eigenvalue weighted by Crippen LogP contribution is -2.35. The lowest BCUT2D eigenvalue weighted by Gasteiger charge is -2.17. The zero-order valence-electron chi connectivity index (χ0n) is 13.7. The first-order valence-electron chi connectivity index (χ1n) is 7.29. The molecule has 0 aliphatic heterocycles. The van der Waals surface area contributed by atoms with Crippen LogP contribution in [0, 0.1) is 6.92 Å². The number of aromatic nitrogens is 1. The maximum absolute atomic E-state index is 12.4. The highest BCUT2D eigenvalue weighted by atomic mass is 35.5. The standard InChI is InChI=1S/C16H17Cl2N3O3S/c1-11-4-3-5-15(19-11)20-16(22)9-21(2)25(23,24)10-12-6-7-13(17)14(18)8-12/h3-8H,9-10H2,1-2H3,(H,19,20,22). The monoisotopic (exact) mass is 401 g/mol. The van der Waals surface area contributed by atoms with Crippen LogP contribution < -0.4 is 5.32 Å². The zero-order valence-corrected chi connectivity index (χ0v) is 16.0. The SMILES string of the molecule is Cc1cccc(NC(=O)CN(C)S(=O)(=O)Cc2ccc(Cl)c(Cl)c2)n1. The van der Waals surface area contributed by atoms with Gasteiger partial charge in [0.05, 0.1) is 22.3 Å². The summed E-state index contributed by atoms with van der Waals surface area (Å²) in [5.74, 6) is -0.380. The molecule has 2 rings (SSSR count). The number of anilines is 1. The van der Waals surface area contributed by atoms with Gasteiger partial charge in [-0.05, 0) is 36.8 Å². The Morgan fingerprint density at radius 3 is 2.56 bits per heavy atom. The number of amides is 1. The molecule has 0 unspecified atom stereocenters. The summed E-state index contributed by atoms with van der Waals surface area (Å²) >= 11 is 11.7. The molecule has 2 aromatic rings. The third kappa shape index (κ3) is 5.67. The van der Waals surface area contributed by atoms with Gasteiger partial charge in [-0.3, -0.25) is 4.79 Å². The van der Waals surface area contributed by atoms with E-state index < -0.39 is 15.9 Å². The van der Waals surface area contributed by atoms with Crippen molar-refractivity contribution >= 4 is 45.0 Å². The number of hydrogen-bond acceptors (Lipinski definition) is 4. The molecule has 9 heteroatoms. The summed E-state index contributed by atoms with van der Waals surface area (Å²) in [6.07, 6.45) is 0. The quantitative estimate of drug-likeness (QED) is 0.806. The van der Waals surface area contributed by atoms with Gasteiger partial charge < -0.3 is 5.32 Å². The van der Waals surface area contributed by atoms with Crippen LogP contribution >= 0.6 is 23.2 Å². The van der Waals surface area contributed by atoms with E-state index in [2.05, 4.69) is 10.3 Å². The summed E-state index contributed by atoms with van der Waals surface area (Å²) in [4.78, 5) is 16.2. The Bertz CT molecular complexity index is 888. The molecule has 134 valence electrons. The summed E-state index contributed by atoms with van der Waals surface area (Å²) < 4.78 is 25.8. The van der Waals surface area contributed by atoms with E-state index >= 15 is 0 Å². The van der Waals surface area contributed by atoms with E-state index in [0.29, 0.717) is 16.4 Å². The average molecular weight is 402 g/mol. The smallest absolute Gasteiger partial charge is 0.240 e. The molecule has 6 nitrogen and oxygen atoms in total. The zero-order chi connectivity index (χ0) is 18.6. The molecule has 1 N–H and O–H groups in total. The number of pyridine rings is 1. The van der Waals surface area contributed by atoms with E-state index in [1.54, 1.807) is 31.2 Å². The van der Waals surface area contributed by atoms with Crippen molar-refractivity contribution in [2.45, 2.75) is 12.7 Å². The number of nitrogens with zero attached hydrogens (tertiary/aromatic N) is 2. The summed E-state index contributed by atoms with van der Waals surface area (Å²) in [5.41, 5.74) is 1.24. The van der Waals surface area contributed by atoms with E-state index in [9.17, 15) is 13.2 Å². The van der Waals surface area contributed by atoms with Crippen LogP contribution in [0.15, 0.2) is 36.4 Å². The van der Waals surface area contributed by atoms with E-state index in [4.69, 9.17) is 23.2 Å². The molecule has 0 fully saturated rings. The fourth-order valence-corrected chi connectivity index (χ4v) is 3.50. The van der Waals surface area contributed by atoms with Crippen molar-refractivity contribution < 1.29 is 13.2 Å². The molecule has 1 aromatic carbocycles. The number of hydrogen-bond donors (Lipinski definition) is 1. The molecule has 25 heavy (non-hydrogen) atoms. The van der Waals surface area contributed by atoms with Crippen LogP contribution in [0.2, 0.25) is 10.0 Å². The van der Waals surface area contributed by atoms with Crippen molar-refractivity contribution in [1.29, 1.82) is 0 Å². The van der Waals surface area contributed by atoms with Crippen LogP contribution in [-0.4, -0.2) is 37.2 Å². The number of aryl methyl sites for hydroxylation is 1. The van der Waals surface area contributed by atoms with Gasteiger partial charge in [0.25, 0.3) is 0 Å². The number of carbonyl (C=O) groups is 1. The number of halogens is 2. The first-order chi connectivity index (χ1) is 11.7. The van der Waals surface area contributed by atoms with Gasteiger partial charge in [0, 0.05) is 12.7 Å². The second kappa shape index (κ2) is 8.14. The van der Waals surface area contributed by atoms with Gasteiger partial charge in [-0.25, -0.2) is 13.4 Å². The van der Waals surface area contributed by atoms with E-state index in [0.717, 1.165) is 10.00 Å². The minimum atomic E-state index is -3.69. The van der Waals surface area contributed by atoms with Crippen LogP contribution in [0.3, 0.4) is 0 Å². The maximum Gasteiger partial charge on any atom is 0.240 e. The molecule has 1 heterocycles. The number of likely N-dealkylation sites (N-methyl/N-ethyl adjacent to an activating group) is 1. The Labute approximate surface area is 156 Å². The molecule has 0 radical (unpaired) electrons. The van der Waals surface area contributed by atoms with Crippen molar-refractivity contribution in [3.05, 3.63) is 57.7 Å². The average Bonchev–Trinajstić information content (AvgIpc) is 2.50. The summed E-state index contributed by atoms with van der Waals surface area (Å²) in [6.45, 7) is 1.47. The Morgan fingerprint density at radius 1 is 1.20 bits per heavy atom. The molecule has 1 aromatic heterocycles. The lowest BCUT2D eigenvalue weighted by molar-refractivity contribution is -0.116. The molecule has 0 atom stereocenters. The highest BCUT2D eigenvalue weighted by Gasteiger charge is 2.21. The van der Waals surface area contributed by atoms with Crippen molar-refractivity contribution in [3.8, 4) is 0 Å².